The zero-order chi connectivity index (χ0) is 22.1. The second-order valence-corrected chi connectivity index (χ2v) is 7.44. The Morgan fingerprint density at radius 1 is 1.23 bits per heavy atom. The highest BCUT2D eigenvalue weighted by Gasteiger charge is 2.47. The average molecular weight is 442 g/mol. The molecular formula is C23H20ClNO6. The Labute approximate surface area is 183 Å². The summed E-state index contributed by atoms with van der Waals surface area (Å²) in [6.07, 6.45) is 1.49. The number of hydrogen-bond donors (Lipinski definition) is 1. The molecule has 1 aromatic carbocycles. The van der Waals surface area contributed by atoms with Crippen LogP contribution in [0.2, 0.25) is 5.02 Å². The number of ether oxygens (including phenoxy) is 1. The molecule has 0 spiro atoms. The lowest BCUT2D eigenvalue weighted by Gasteiger charge is -2.22. The fourth-order valence-electron chi connectivity index (χ4n) is 3.58. The summed E-state index contributed by atoms with van der Waals surface area (Å²) < 4.78 is 16.6. The number of rotatable bonds is 6. The standard InChI is InChI=1S/C23H20ClNO6/c1-3-29-18-11-14(7-8-16(18)24)21(26)19-20(17-9-6-13(2)31-17)25(23(28)22(19)27)12-15-5-4-10-30-15/h4-11,20,26H,3,12H2,1-2H3/b21-19-. The number of hydrogen-bond acceptors (Lipinski definition) is 6. The second kappa shape index (κ2) is 8.35. The minimum atomic E-state index is -0.912. The monoisotopic (exact) mass is 441 g/mol. The van der Waals surface area contributed by atoms with E-state index < -0.39 is 17.7 Å². The summed E-state index contributed by atoms with van der Waals surface area (Å²) in [4.78, 5) is 27.2. The van der Waals surface area contributed by atoms with Crippen molar-refractivity contribution in [3.05, 3.63) is 82.2 Å². The minimum Gasteiger partial charge on any atom is -0.507 e. The van der Waals surface area contributed by atoms with Gasteiger partial charge in [0.25, 0.3) is 11.7 Å². The van der Waals surface area contributed by atoms with Gasteiger partial charge in [0, 0.05) is 5.56 Å². The third-order valence-electron chi connectivity index (χ3n) is 4.98. The van der Waals surface area contributed by atoms with Crippen LogP contribution in [-0.2, 0) is 16.1 Å². The van der Waals surface area contributed by atoms with Crippen LogP contribution in [0.25, 0.3) is 5.76 Å². The third kappa shape index (κ3) is 3.84. The number of aliphatic hydroxyl groups excluding tert-OH is 1. The van der Waals surface area contributed by atoms with Gasteiger partial charge in [-0.05, 0) is 56.3 Å². The number of benzene rings is 1. The van der Waals surface area contributed by atoms with Crippen LogP contribution in [0, 0.1) is 6.92 Å². The molecular weight excluding hydrogens is 422 g/mol. The number of Topliss-reactive ketones (excluding diaryl/α,β-unsaturated/α-hetero) is 1. The number of likely N-dealkylation sites (tertiary alicyclic amines) is 1. The average Bonchev–Trinajstić information content (AvgIpc) is 3.47. The van der Waals surface area contributed by atoms with E-state index in [2.05, 4.69) is 0 Å². The molecule has 1 saturated heterocycles. The highest BCUT2D eigenvalue weighted by atomic mass is 35.5. The summed E-state index contributed by atoms with van der Waals surface area (Å²) in [5, 5.41) is 11.5. The molecule has 0 radical (unpaired) electrons. The molecule has 3 aromatic rings. The van der Waals surface area contributed by atoms with Crippen molar-refractivity contribution in [2.24, 2.45) is 0 Å². The van der Waals surface area contributed by atoms with Crippen molar-refractivity contribution >= 4 is 29.1 Å². The molecule has 7 nitrogen and oxygen atoms in total. The molecule has 1 unspecified atom stereocenters. The van der Waals surface area contributed by atoms with E-state index in [4.69, 9.17) is 25.2 Å². The van der Waals surface area contributed by atoms with Crippen molar-refractivity contribution in [1.29, 1.82) is 0 Å². The van der Waals surface area contributed by atoms with Crippen LogP contribution in [0.5, 0.6) is 5.75 Å². The van der Waals surface area contributed by atoms with Gasteiger partial charge in [0.05, 0.1) is 30.0 Å². The van der Waals surface area contributed by atoms with E-state index in [1.165, 1.54) is 17.2 Å². The summed E-state index contributed by atoms with van der Waals surface area (Å²) >= 11 is 6.14. The summed E-state index contributed by atoms with van der Waals surface area (Å²) in [5.74, 6) is -0.0554. The highest BCUT2D eigenvalue weighted by Crippen LogP contribution is 2.41. The van der Waals surface area contributed by atoms with Crippen molar-refractivity contribution < 1.29 is 28.3 Å². The van der Waals surface area contributed by atoms with Crippen molar-refractivity contribution in [2.45, 2.75) is 26.4 Å². The first-order valence-electron chi connectivity index (χ1n) is 9.70. The molecule has 1 fully saturated rings. The van der Waals surface area contributed by atoms with Crippen LogP contribution in [0.4, 0.5) is 0 Å². The summed E-state index contributed by atoms with van der Waals surface area (Å²) in [6, 6.07) is 10.6. The molecule has 1 amide bonds. The first-order chi connectivity index (χ1) is 14.9. The number of carbonyl (C=O) groups is 2. The summed E-state index contributed by atoms with van der Waals surface area (Å²) in [5.41, 5.74) is 0.229. The lowest BCUT2D eigenvalue weighted by Crippen LogP contribution is -2.28. The van der Waals surface area contributed by atoms with E-state index in [1.807, 2.05) is 6.92 Å². The molecule has 3 heterocycles. The molecule has 0 saturated carbocycles. The Kier molecular flexibility index (Phi) is 5.61. The maximum atomic E-state index is 13.0. The fourth-order valence-corrected chi connectivity index (χ4v) is 3.75. The molecule has 0 aliphatic carbocycles. The molecule has 1 aliphatic heterocycles. The van der Waals surface area contributed by atoms with Crippen LogP contribution in [-0.4, -0.2) is 28.3 Å². The van der Waals surface area contributed by atoms with Gasteiger partial charge in [-0.3, -0.25) is 9.59 Å². The second-order valence-electron chi connectivity index (χ2n) is 7.03. The van der Waals surface area contributed by atoms with E-state index in [0.717, 1.165) is 0 Å². The molecule has 160 valence electrons. The van der Waals surface area contributed by atoms with E-state index in [0.29, 0.717) is 40.2 Å². The van der Waals surface area contributed by atoms with E-state index in [-0.39, 0.29) is 17.9 Å². The van der Waals surface area contributed by atoms with Gasteiger partial charge in [0.2, 0.25) is 0 Å². The van der Waals surface area contributed by atoms with E-state index >= 15 is 0 Å². The fraction of sp³-hybridized carbons (Fsp3) is 0.217. The topological polar surface area (TPSA) is 93.1 Å². The van der Waals surface area contributed by atoms with Crippen molar-refractivity contribution in [3.63, 3.8) is 0 Å². The van der Waals surface area contributed by atoms with Gasteiger partial charge in [-0.25, -0.2) is 0 Å². The highest BCUT2D eigenvalue weighted by molar-refractivity contribution is 6.46. The smallest absolute Gasteiger partial charge is 0.296 e. The van der Waals surface area contributed by atoms with Crippen molar-refractivity contribution in [3.8, 4) is 5.75 Å². The molecule has 0 bridgehead atoms. The lowest BCUT2D eigenvalue weighted by atomic mass is 9.99. The van der Waals surface area contributed by atoms with Crippen LogP contribution in [0.15, 0.2) is 63.1 Å². The van der Waals surface area contributed by atoms with Crippen LogP contribution < -0.4 is 4.74 Å². The number of amides is 1. The van der Waals surface area contributed by atoms with Gasteiger partial charge in [-0.1, -0.05) is 11.6 Å². The van der Waals surface area contributed by atoms with E-state index in [9.17, 15) is 14.7 Å². The Morgan fingerprint density at radius 2 is 2.03 bits per heavy atom. The van der Waals surface area contributed by atoms with Gasteiger partial charge >= 0.3 is 0 Å². The quantitative estimate of drug-likeness (QED) is 0.334. The molecule has 8 heteroatoms. The number of nitrogens with zero attached hydrogens (tertiary/aromatic N) is 1. The number of aliphatic hydroxyl groups is 1. The largest absolute Gasteiger partial charge is 0.507 e. The lowest BCUT2D eigenvalue weighted by molar-refractivity contribution is -0.140. The van der Waals surface area contributed by atoms with Crippen molar-refractivity contribution in [2.75, 3.05) is 6.61 Å². The number of halogens is 1. The van der Waals surface area contributed by atoms with Gasteiger partial charge in [0.1, 0.15) is 34.8 Å². The van der Waals surface area contributed by atoms with Gasteiger partial charge in [-0.15, -0.1) is 0 Å². The summed E-state index contributed by atoms with van der Waals surface area (Å²) in [7, 11) is 0. The van der Waals surface area contributed by atoms with Gasteiger partial charge in [-0.2, -0.15) is 0 Å². The zero-order valence-electron chi connectivity index (χ0n) is 16.9. The Hall–Kier alpha value is -3.45. The maximum Gasteiger partial charge on any atom is 0.296 e. The first kappa shape index (κ1) is 20.8. The molecule has 2 aromatic heterocycles. The van der Waals surface area contributed by atoms with Gasteiger partial charge < -0.3 is 23.6 Å². The predicted octanol–water partition coefficient (Wildman–Crippen LogP) is 4.86. The Balaban J connectivity index is 1.85. The van der Waals surface area contributed by atoms with Crippen LogP contribution in [0.3, 0.4) is 0 Å². The number of ketones is 1. The SMILES string of the molecule is CCOc1cc(/C(O)=C2/C(=O)C(=O)N(Cc3ccco3)C2c2ccc(C)o2)ccc1Cl. The Bertz CT molecular complexity index is 1160. The number of carbonyl (C=O) groups excluding carboxylic acids is 2. The molecule has 1 atom stereocenters. The molecule has 1 N–H and O–H groups in total. The van der Waals surface area contributed by atoms with Crippen LogP contribution >= 0.6 is 11.6 Å². The molecule has 1 aliphatic rings. The normalized spacial score (nSPS) is 18.0. The van der Waals surface area contributed by atoms with Crippen molar-refractivity contribution in [1.82, 2.24) is 4.90 Å². The minimum absolute atomic E-state index is 0.0452. The van der Waals surface area contributed by atoms with Gasteiger partial charge in [0.15, 0.2) is 0 Å². The number of furan rings is 2. The number of aryl methyl sites for hydroxylation is 1. The van der Waals surface area contributed by atoms with E-state index in [1.54, 1.807) is 43.3 Å². The maximum absolute atomic E-state index is 13.0. The molecule has 4 rings (SSSR count). The summed E-state index contributed by atoms with van der Waals surface area (Å²) in [6.45, 7) is 3.99. The zero-order valence-corrected chi connectivity index (χ0v) is 17.7. The first-order valence-corrected chi connectivity index (χ1v) is 10.1. The predicted molar refractivity (Wildman–Crippen MR) is 113 cm³/mol. The van der Waals surface area contributed by atoms with Crippen LogP contribution in [0.1, 0.15) is 35.8 Å². The third-order valence-corrected chi connectivity index (χ3v) is 5.29. The Morgan fingerprint density at radius 3 is 2.68 bits per heavy atom. The molecule has 31 heavy (non-hydrogen) atoms.